The summed E-state index contributed by atoms with van der Waals surface area (Å²) in [5.74, 6) is 0.922. The van der Waals surface area contributed by atoms with Gasteiger partial charge >= 0.3 is 0 Å². The quantitative estimate of drug-likeness (QED) is 0.848. The number of hydrogen-bond donors (Lipinski definition) is 1. The topological polar surface area (TPSA) is 21.3 Å². The molecule has 2 nitrogen and oxygen atoms in total. The molecule has 1 unspecified atom stereocenters. The molecule has 0 radical (unpaired) electrons. The summed E-state index contributed by atoms with van der Waals surface area (Å²) in [6.45, 7) is 3.34. The van der Waals surface area contributed by atoms with Crippen LogP contribution in [0.4, 0.5) is 0 Å². The van der Waals surface area contributed by atoms with Gasteiger partial charge in [-0.15, -0.1) is 0 Å². The largest absolute Gasteiger partial charge is 0.497 e. The van der Waals surface area contributed by atoms with E-state index in [0.29, 0.717) is 10.8 Å². The maximum Gasteiger partial charge on any atom is 0.118 e. The fourth-order valence-electron chi connectivity index (χ4n) is 2.37. The molecule has 1 aromatic rings. The van der Waals surface area contributed by atoms with Crippen LogP contribution < -0.4 is 10.1 Å². The van der Waals surface area contributed by atoms with E-state index in [-0.39, 0.29) is 0 Å². The molecule has 18 heavy (non-hydrogen) atoms. The number of hydrogen-bond acceptors (Lipinski definition) is 3. The summed E-state index contributed by atoms with van der Waals surface area (Å²) in [7, 11) is 1.70. The smallest absolute Gasteiger partial charge is 0.118 e. The van der Waals surface area contributed by atoms with E-state index in [1.165, 1.54) is 24.8 Å². The van der Waals surface area contributed by atoms with Gasteiger partial charge in [0.1, 0.15) is 5.75 Å². The van der Waals surface area contributed by atoms with Crippen LogP contribution in [0.3, 0.4) is 0 Å². The van der Waals surface area contributed by atoms with Gasteiger partial charge < -0.3 is 10.1 Å². The van der Waals surface area contributed by atoms with Crippen molar-refractivity contribution in [2.24, 2.45) is 0 Å². The molecule has 1 N–H and O–H groups in total. The first kappa shape index (κ1) is 13.8. The van der Waals surface area contributed by atoms with Crippen LogP contribution in [-0.2, 0) is 0 Å². The Morgan fingerprint density at radius 2 is 2.00 bits per heavy atom. The van der Waals surface area contributed by atoms with Crippen LogP contribution in [0.25, 0.3) is 0 Å². The zero-order valence-corrected chi connectivity index (χ0v) is 12.3. The zero-order chi connectivity index (χ0) is 13.0. The Morgan fingerprint density at radius 1 is 1.33 bits per heavy atom. The lowest BCUT2D eigenvalue weighted by Gasteiger charge is -2.41. The van der Waals surface area contributed by atoms with E-state index in [9.17, 15) is 0 Å². The van der Waals surface area contributed by atoms with Crippen LogP contribution in [-0.4, -0.2) is 24.7 Å². The molecular formula is C15H23NOS. The average Bonchev–Trinajstić information content (AvgIpc) is 2.38. The second kappa shape index (κ2) is 5.98. The Labute approximate surface area is 114 Å². The minimum atomic E-state index is 0.403. The summed E-state index contributed by atoms with van der Waals surface area (Å²) in [4.78, 5) is 0. The van der Waals surface area contributed by atoms with Crippen molar-refractivity contribution in [1.82, 2.24) is 5.32 Å². The molecule has 0 aromatic heterocycles. The number of rotatable bonds is 6. The molecule has 3 heteroatoms. The van der Waals surface area contributed by atoms with Crippen molar-refractivity contribution in [2.45, 2.75) is 37.0 Å². The van der Waals surface area contributed by atoms with Crippen molar-refractivity contribution in [2.75, 3.05) is 19.9 Å². The molecule has 0 spiro atoms. The molecule has 1 atom stereocenters. The Bertz CT molecular complexity index is 367. The van der Waals surface area contributed by atoms with E-state index in [1.807, 2.05) is 23.9 Å². The van der Waals surface area contributed by atoms with E-state index in [0.717, 1.165) is 12.3 Å². The number of ether oxygens (including phenoxy) is 1. The van der Waals surface area contributed by atoms with Crippen molar-refractivity contribution in [3.05, 3.63) is 29.8 Å². The van der Waals surface area contributed by atoms with Gasteiger partial charge in [-0.1, -0.05) is 18.6 Å². The van der Waals surface area contributed by atoms with Gasteiger partial charge in [0.2, 0.25) is 0 Å². The Morgan fingerprint density at radius 3 is 2.44 bits per heavy atom. The van der Waals surface area contributed by atoms with Crippen molar-refractivity contribution >= 4 is 11.8 Å². The molecule has 1 aliphatic carbocycles. The van der Waals surface area contributed by atoms with Gasteiger partial charge in [0.05, 0.1) is 7.11 Å². The highest BCUT2D eigenvalue weighted by Crippen LogP contribution is 2.42. The number of methoxy groups -OCH3 is 1. The minimum Gasteiger partial charge on any atom is -0.497 e. The zero-order valence-electron chi connectivity index (χ0n) is 11.5. The first-order valence-electron chi connectivity index (χ1n) is 6.62. The van der Waals surface area contributed by atoms with Gasteiger partial charge in [0, 0.05) is 17.3 Å². The summed E-state index contributed by atoms with van der Waals surface area (Å²) in [5.41, 5.74) is 1.33. The highest BCUT2D eigenvalue weighted by Gasteiger charge is 2.35. The van der Waals surface area contributed by atoms with Gasteiger partial charge in [-0.05, 0) is 43.7 Å². The maximum absolute atomic E-state index is 5.18. The molecule has 0 saturated heterocycles. The SMILES string of the molecule is COc1ccc(C(C)NCC2(SC)CCC2)cc1. The first-order chi connectivity index (χ1) is 8.69. The molecule has 0 heterocycles. The summed E-state index contributed by atoms with van der Waals surface area (Å²) in [5, 5.41) is 3.67. The van der Waals surface area contributed by atoms with E-state index in [1.54, 1.807) is 7.11 Å². The Balaban J connectivity index is 1.88. The third kappa shape index (κ3) is 3.01. The predicted molar refractivity (Wildman–Crippen MR) is 79.5 cm³/mol. The van der Waals surface area contributed by atoms with Crippen LogP contribution in [0.2, 0.25) is 0 Å². The third-order valence-electron chi connectivity index (χ3n) is 4.04. The number of nitrogens with one attached hydrogen (secondary N) is 1. The van der Waals surface area contributed by atoms with Crippen LogP contribution >= 0.6 is 11.8 Å². The van der Waals surface area contributed by atoms with Gasteiger partial charge in [0.25, 0.3) is 0 Å². The summed E-state index contributed by atoms with van der Waals surface area (Å²) in [6, 6.07) is 8.75. The standard InChI is InChI=1S/C15H23NOS/c1-12(13-5-7-14(17-2)8-6-13)16-11-15(18-3)9-4-10-15/h5-8,12,16H,4,9-11H2,1-3H3. The second-order valence-corrected chi connectivity index (χ2v) is 6.39. The number of thioether (sulfide) groups is 1. The van der Waals surface area contributed by atoms with Crippen molar-refractivity contribution < 1.29 is 4.74 Å². The Kier molecular flexibility index (Phi) is 4.57. The minimum absolute atomic E-state index is 0.403. The molecule has 1 saturated carbocycles. The highest BCUT2D eigenvalue weighted by molar-refractivity contribution is 8.00. The van der Waals surface area contributed by atoms with Crippen LogP contribution in [0, 0.1) is 0 Å². The van der Waals surface area contributed by atoms with Gasteiger partial charge in [-0.3, -0.25) is 0 Å². The van der Waals surface area contributed by atoms with Gasteiger partial charge in [-0.25, -0.2) is 0 Å². The molecular weight excluding hydrogens is 242 g/mol. The average molecular weight is 265 g/mol. The monoisotopic (exact) mass is 265 g/mol. The van der Waals surface area contributed by atoms with Crippen molar-refractivity contribution in [1.29, 1.82) is 0 Å². The lowest BCUT2D eigenvalue weighted by atomic mass is 9.84. The normalized spacial score (nSPS) is 19.1. The summed E-state index contributed by atoms with van der Waals surface area (Å²) < 4.78 is 5.68. The fourth-order valence-corrected chi connectivity index (χ4v) is 3.30. The van der Waals surface area contributed by atoms with E-state index < -0.39 is 0 Å². The third-order valence-corrected chi connectivity index (χ3v) is 5.46. The van der Waals surface area contributed by atoms with E-state index in [4.69, 9.17) is 4.74 Å². The first-order valence-corrected chi connectivity index (χ1v) is 7.84. The molecule has 0 amide bonds. The van der Waals surface area contributed by atoms with Crippen molar-refractivity contribution in [3.63, 3.8) is 0 Å². The molecule has 2 rings (SSSR count). The van der Waals surface area contributed by atoms with Crippen molar-refractivity contribution in [3.8, 4) is 5.75 Å². The molecule has 0 bridgehead atoms. The molecule has 1 aliphatic rings. The molecule has 0 aliphatic heterocycles. The van der Waals surface area contributed by atoms with Crippen LogP contribution in [0.15, 0.2) is 24.3 Å². The van der Waals surface area contributed by atoms with E-state index in [2.05, 4.69) is 30.6 Å². The number of benzene rings is 1. The van der Waals surface area contributed by atoms with Crippen LogP contribution in [0.1, 0.15) is 37.8 Å². The summed E-state index contributed by atoms with van der Waals surface area (Å²) in [6.07, 6.45) is 6.34. The van der Waals surface area contributed by atoms with Gasteiger partial charge in [0.15, 0.2) is 0 Å². The predicted octanol–water partition coefficient (Wildman–Crippen LogP) is 3.63. The second-order valence-electron chi connectivity index (χ2n) is 5.12. The molecule has 100 valence electrons. The van der Waals surface area contributed by atoms with E-state index >= 15 is 0 Å². The highest BCUT2D eigenvalue weighted by atomic mass is 32.2. The van der Waals surface area contributed by atoms with Crippen LogP contribution in [0.5, 0.6) is 5.75 Å². The lowest BCUT2D eigenvalue weighted by molar-refractivity contribution is 0.334. The molecule has 1 aromatic carbocycles. The summed E-state index contributed by atoms with van der Waals surface area (Å²) >= 11 is 2.02. The fraction of sp³-hybridized carbons (Fsp3) is 0.600. The maximum atomic E-state index is 5.18. The Hall–Kier alpha value is -0.670. The van der Waals surface area contributed by atoms with Gasteiger partial charge in [-0.2, -0.15) is 11.8 Å². The lowest BCUT2D eigenvalue weighted by Crippen LogP contribution is -2.43. The molecule has 1 fully saturated rings.